The molecule has 0 fully saturated rings. The third-order valence-electron chi connectivity index (χ3n) is 0.333. The van der Waals surface area contributed by atoms with Gasteiger partial charge in [0.25, 0.3) is 0 Å². The van der Waals surface area contributed by atoms with Crippen molar-refractivity contribution < 1.29 is 0 Å². The first-order chi connectivity index (χ1) is 2.41. The summed E-state index contributed by atoms with van der Waals surface area (Å²) >= 11 is 1.99. The quantitative estimate of drug-likeness (QED) is 0.419. The molecule has 0 aliphatic rings. The first-order valence-electron chi connectivity index (χ1n) is 1.63. The maximum absolute atomic E-state index is 3.59. The summed E-state index contributed by atoms with van der Waals surface area (Å²) in [5.74, 6) is 0. The van der Waals surface area contributed by atoms with Crippen molar-refractivity contribution in [2.45, 2.75) is 6.04 Å². The third kappa shape index (κ3) is 4.75. The van der Waals surface area contributed by atoms with E-state index in [9.17, 15) is 0 Å². The number of allylic oxidation sites excluding steroid dienone is 1. The van der Waals surface area contributed by atoms with Crippen LogP contribution in [0.2, 0.25) is 6.04 Å². The van der Waals surface area contributed by atoms with Crippen molar-refractivity contribution in [1.29, 1.82) is 0 Å². The van der Waals surface area contributed by atoms with Gasteiger partial charge in [-0.1, -0.05) is 0 Å². The Bertz CT molecular complexity index is 28.1. The molecule has 0 aromatic rings. The molecule has 0 bridgehead atoms. The van der Waals surface area contributed by atoms with Crippen LogP contribution in [-0.4, -0.2) is 28.6 Å². The Hall–Kier alpha value is 0.746. The van der Waals surface area contributed by atoms with E-state index in [1.54, 1.807) is 0 Å². The Morgan fingerprint density at radius 1 is 2.00 bits per heavy atom. The van der Waals surface area contributed by atoms with Crippen LogP contribution >= 0.6 is 0 Å². The van der Waals surface area contributed by atoms with E-state index in [0.29, 0.717) is 7.07 Å². The molecule has 0 N–H and O–H groups in total. The molecule has 0 spiro atoms. The van der Waals surface area contributed by atoms with Gasteiger partial charge in [0.1, 0.15) is 0 Å². The number of rotatable bonds is 2. The average Bonchev–Trinajstić information content (AvgIpc) is 1.41. The first kappa shape index (κ1) is 5.75. The average molecular weight is 200 g/mol. The predicted octanol–water partition coefficient (Wildman–Crippen LogP) is -0.425. The number of hydrogen-bond acceptors (Lipinski definition) is 0. The molecule has 0 unspecified atom stereocenters. The molecular weight excluding hydrogens is 192 g/mol. The van der Waals surface area contributed by atoms with Crippen molar-refractivity contribution in [3.05, 3.63) is 12.7 Å². The molecule has 0 aliphatic heterocycles. The van der Waals surface area contributed by atoms with Crippen LogP contribution in [0.3, 0.4) is 0 Å². The minimum absolute atomic E-state index is 0.346. The summed E-state index contributed by atoms with van der Waals surface area (Å²) in [6.45, 7) is 3.59. The Labute approximate surface area is 47.5 Å². The third-order valence-corrected chi connectivity index (χ3v) is 3.21. The van der Waals surface area contributed by atoms with Gasteiger partial charge in [0.15, 0.2) is 0 Å². The van der Waals surface area contributed by atoms with Gasteiger partial charge in [-0.25, -0.2) is 0 Å². The summed E-state index contributed by atoms with van der Waals surface area (Å²) in [5.41, 5.74) is 0. The number of hydrogen-bond donors (Lipinski definition) is 0. The first-order valence-corrected chi connectivity index (χ1v) is 8.68. The van der Waals surface area contributed by atoms with Crippen LogP contribution in [0.1, 0.15) is 0 Å². The minimum atomic E-state index is 0.346. The second-order valence-electron chi connectivity index (χ2n) is 0.801. The van der Waals surface area contributed by atoms with Crippen LogP contribution in [0, 0.1) is 0 Å². The van der Waals surface area contributed by atoms with E-state index in [4.69, 9.17) is 0 Å². The van der Waals surface area contributed by atoms with Crippen molar-refractivity contribution in [2.75, 3.05) is 0 Å². The standard InChI is InChI=1S/C3H8SiTe/c1-2-3-4-5/h2,5H,1,3-4H2. The van der Waals surface area contributed by atoms with Gasteiger partial charge in [-0.3, -0.25) is 0 Å². The SMILES string of the molecule is C=CC[SiH2][TeH]. The van der Waals surface area contributed by atoms with Gasteiger partial charge in [0.2, 0.25) is 0 Å². The van der Waals surface area contributed by atoms with Gasteiger partial charge in [0, 0.05) is 0 Å². The molecule has 0 aliphatic carbocycles. The zero-order valence-electron chi connectivity index (χ0n) is 3.15. The van der Waals surface area contributed by atoms with Crippen LogP contribution in [-0.2, 0) is 0 Å². The van der Waals surface area contributed by atoms with E-state index >= 15 is 0 Å². The molecule has 0 nitrogen and oxygen atoms in total. The van der Waals surface area contributed by atoms with E-state index in [1.807, 2.05) is 27.6 Å². The fourth-order valence-corrected chi connectivity index (χ4v) is 1.84. The molecule has 0 aromatic carbocycles. The van der Waals surface area contributed by atoms with Crippen molar-refractivity contribution in [1.82, 2.24) is 0 Å². The molecule has 2 heteroatoms. The van der Waals surface area contributed by atoms with Gasteiger partial charge < -0.3 is 0 Å². The monoisotopic (exact) mass is 202 g/mol. The normalized spacial score (nSPS) is 9.80. The van der Waals surface area contributed by atoms with Crippen LogP contribution in [0.5, 0.6) is 0 Å². The van der Waals surface area contributed by atoms with Crippen LogP contribution in [0.4, 0.5) is 0 Å². The van der Waals surface area contributed by atoms with Crippen LogP contribution < -0.4 is 0 Å². The molecule has 0 aromatic heterocycles. The topological polar surface area (TPSA) is 0 Å². The van der Waals surface area contributed by atoms with E-state index in [2.05, 4.69) is 6.58 Å². The van der Waals surface area contributed by atoms with E-state index in [1.165, 1.54) is 6.04 Å². The van der Waals surface area contributed by atoms with E-state index in [0.717, 1.165) is 0 Å². The molecule has 0 saturated heterocycles. The Morgan fingerprint density at radius 3 is 2.60 bits per heavy atom. The Kier molecular flexibility index (Phi) is 5.46. The van der Waals surface area contributed by atoms with Gasteiger partial charge in [-0.2, -0.15) is 0 Å². The second-order valence-corrected chi connectivity index (χ2v) is 5.65. The summed E-state index contributed by atoms with van der Waals surface area (Å²) in [4.78, 5) is 0. The fraction of sp³-hybridized carbons (Fsp3) is 0.333. The van der Waals surface area contributed by atoms with Crippen LogP contribution in [0.25, 0.3) is 0 Å². The van der Waals surface area contributed by atoms with Gasteiger partial charge in [-0.15, -0.1) is 0 Å². The van der Waals surface area contributed by atoms with Gasteiger partial charge >= 0.3 is 47.3 Å². The summed E-state index contributed by atoms with van der Waals surface area (Å²) < 4.78 is 0. The fourth-order valence-electron chi connectivity index (χ4n) is 0.0913. The predicted molar refractivity (Wildman–Crippen MR) is 30.7 cm³/mol. The zero-order chi connectivity index (χ0) is 4.12. The molecule has 0 saturated carbocycles. The summed E-state index contributed by atoms with van der Waals surface area (Å²) in [5, 5.41) is 0. The second kappa shape index (κ2) is 4.75. The van der Waals surface area contributed by atoms with Crippen molar-refractivity contribution in [3.63, 3.8) is 0 Å². The molecule has 0 amide bonds. The van der Waals surface area contributed by atoms with E-state index in [-0.39, 0.29) is 0 Å². The molecule has 0 atom stereocenters. The van der Waals surface area contributed by atoms with Gasteiger partial charge in [0.05, 0.1) is 0 Å². The molecule has 0 radical (unpaired) electrons. The Balaban J connectivity index is 2.40. The van der Waals surface area contributed by atoms with E-state index < -0.39 is 0 Å². The summed E-state index contributed by atoms with van der Waals surface area (Å²) in [6.07, 6.45) is 2.00. The Morgan fingerprint density at radius 2 is 2.60 bits per heavy atom. The molecule has 5 heavy (non-hydrogen) atoms. The van der Waals surface area contributed by atoms with Crippen molar-refractivity contribution in [3.8, 4) is 0 Å². The van der Waals surface area contributed by atoms with Gasteiger partial charge in [-0.05, 0) is 0 Å². The van der Waals surface area contributed by atoms with Crippen molar-refractivity contribution >= 4 is 28.6 Å². The van der Waals surface area contributed by atoms with Crippen molar-refractivity contribution in [2.24, 2.45) is 0 Å². The molecule has 30 valence electrons. The summed E-state index contributed by atoms with van der Waals surface area (Å²) in [6, 6.07) is 1.31. The van der Waals surface area contributed by atoms with Crippen LogP contribution in [0.15, 0.2) is 12.7 Å². The molecule has 0 heterocycles. The molecular formula is C3H8SiTe. The zero-order valence-corrected chi connectivity index (χ0v) is 7.11. The summed E-state index contributed by atoms with van der Waals surface area (Å²) in [7, 11) is 0.346. The molecule has 0 rings (SSSR count). The maximum atomic E-state index is 3.59.